The number of carbonyl (C=O) groups excluding carboxylic acids is 1. The highest BCUT2D eigenvalue weighted by atomic mass is 16.5. The van der Waals surface area contributed by atoms with Crippen molar-refractivity contribution in [2.45, 2.75) is 26.3 Å². The van der Waals surface area contributed by atoms with E-state index in [1.54, 1.807) is 7.11 Å². The summed E-state index contributed by atoms with van der Waals surface area (Å²) < 4.78 is 10.9. The van der Waals surface area contributed by atoms with Gasteiger partial charge in [0.1, 0.15) is 11.5 Å². The first-order valence-electron chi connectivity index (χ1n) is 9.55. The van der Waals surface area contributed by atoms with Crippen LogP contribution in [-0.4, -0.2) is 44.2 Å². The Bertz CT molecular complexity index is 776. The second kappa shape index (κ2) is 9.42. The molecule has 5 heteroatoms. The Morgan fingerprint density at radius 3 is 2.85 bits per heavy atom. The Morgan fingerprint density at radius 2 is 2.04 bits per heavy atom. The van der Waals surface area contributed by atoms with Crippen molar-refractivity contribution < 1.29 is 14.3 Å². The molecule has 0 aromatic heterocycles. The minimum atomic E-state index is 0.0642. The summed E-state index contributed by atoms with van der Waals surface area (Å²) in [5, 5.41) is 3.02. The number of nitrogens with one attached hydrogen (secondary N) is 1. The molecule has 1 amide bonds. The van der Waals surface area contributed by atoms with Gasteiger partial charge in [0, 0.05) is 19.6 Å². The first-order valence-corrected chi connectivity index (χ1v) is 9.55. The average molecular weight is 368 g/mol. The third-order valence-corrected chi connectivity index (χ3v) is 4.86. The van der Waals surface area contributed by atoms with E-state index < -0.39 is 0 Å². The fraction of sp³-hybridized carbons (Fsp3) is 0.409. The lowest BCUT2D eigenvalue weighted by atomic mass is 9.99. The number of carbonyl (C=O) groups is 1. The zero-order valence-electron chi connectivity index (χ0n) is 16.2. The van der Waals surface area contributed by atoms with Crippen molar-refractivity contribution in [2.24, 2.45) is 0 Å². The standard InChI is InChI=1S/C22H28N2O3/c1-3-27-20-9-8-17-11-13-24(15-19(17)14-20)16-22(25)23-12-10-18-6-4-5-7-21(18)26-2/h4-9,14H,3,10-13,15-16H2,1-2H3,(H,23,25). The molecule has 1 aliphatic rings. The molecule has 144 valence electrons. The highest BCUT2D eigenvalue weighted by molar-refractivity contribution is 5.78. The Balaban J connectivity index is 1.48. The van der Waals surface area contributed by atoms with Gasteiger partial charge in [0.2, 0.25) is 5.91 Å². The summed E-state index contributed by atoms with van der Waals surface area (Å²) in [6.45, 7) is 5.37. The fourth-order valence-electron chi connectivity index (χ4n) is 3.49. The molecular weight excluding hydrogens is 340 g/mol. The van der Waals surface area contributed by atoms with E-state index in [0.29, 0.717) is 19.7 Å². The first-order chi connectivity index (χ1) is 13.2. The molecule has 0 saturated heterocycles. The van der Waals surface area contributed by atoms with Crippen LogP contribution in [0.5, 0.6) is 11.5 Å². The number of fused-ring (bicyclic) bond motifs is 1. The fourth-order valence-corrected chi connectivity index (χ4v) is 3.49. The summed E-state index contributed by atoms with van der Waals surface area (Å²) in [4.78, 5) is 14.5. The van der Waals surface area contributed by atoms with Crippen LogP contribution in [0.3, 0.4) is 0 Å². The molecule has 3 rings (SSSR count). The number of ether oxygens (including phenoxy) is 2. The van der Waals surface area contributed by atoms with E-state index in [1.807, 2.05) is 37.3 Å². The van der Waals surface area contributed by atoms with Gasteiger partial charge in [-0.2, -0.15) is 0 Å². The molecule has 27 heavy (non-hydrogen) atoms. The van der Waals surface area contributed by atoms with E-state index in [0.717, 1.165) is 43.0 Å². The number of hydrogen-bond acceptors (Lipinski definition) is 4. The van der Waals surface area contributed by atoms with Crippen LogP contribution in [0, 0.1) is 0 Å². The summed E-state index contributed by atoms with van der Waals surface area (Å²) in [6.07, 6.45) is 1.73. The Hall–Kier alpha value is -2.53. The highest BCUT2D eigenvalue weighted by Crippen LogP contribution is 2.24. The van der Waals surface area contributed by atoms with Crippen LogP contribution in [-0.2, 0) is 24.2 Å². The molecule has 5 nitrogen and oxygen atoms in total. The zero-order valence-corrected chi connectivity index (χ0v) is 16.2. The maximum absolute atomic E-state index is 12.3. The number of benzene rings is 2. The van der Waals surface area contributed by atoms with Gasteiger partial charge in [0.15, 0.2) is 0 Å². The summed E-state index contributed by atoms with van der Waals surface area (Å²) in [5.74, 6) is 1.83. The molecule has 1 heterocycles. The maximum Gasteiger partial charge on any atom is 0.234 e. The third kappa shape index (κ3) is 5.23. The highest BCUT2D eigenvalue weighted by Gasteiger charge is 2.19. The molecule has 0 fully saturated rings. The Kier molecular flexibility index (Phi) is 6.71. The van der Waals surface area contributed by atoms with E-state index >= 15 is 0 Å². The van der Waals surface area contributed by atoms with Gasteiger partial charge < -0.3 is 14.8 Å². The lowest BCUT2D eigenvalue weighted by molar-refractivity contribution is -0.122. The largest absolute Gasteiger partial charge is 0.496 e. The van der Waals surface area contributed by atoms with E-state index in [4.69, 9.17) is 9.47 Å². The predicted octanol–water partition coefficient (Wildman–Crippen LogP) is 2.81. The van der Waals surface area contributed by atoms with Gasteiger partial charge in [0.05, 0.1) is 20.3 Å². The number of hydrogen-bond donors (Lipinski definition) is 1. The van der Waals surface area contributed by atoms with E-state index in [2.05, 4.69) is 22.3 Å². The normalized spacial score (nSPS) is 13.7. The number of amides is 1. The van der Waals surface area contributed by atoms with Crippen molar-refractivity contribution in [3.8, 4) is 11.5 Å². The van der Waals surface area contributed by atoms with Crippen LogP contribution < -0.4 is 14.8 Å². The van der Waals surface area contributed by atoms with Gasteiger partial charge in [-0.15, -0.1) is 0 Å². The van der Waals surface area contributed by atoms with Crippen LogP contribution in [0.4, 0.5) is 0 Å². The molecular formula is C22H28N2O3. The second-order valence-corrected chi connectivity index (χ2v) is 6.74. The molecule has 0 saturated carbocycles. The molecule has 0 aliphatic carbocycles. The molecule has 1 aliphatic heterocycles. The minimum Gasteiger partial charge on any atom is -0.496 e. The van der Waals surface area contributed by atoms with Gasteiger partial charge in [-0.25, -0.2) is 0 Å². The van der Waals surface area contributed by atoms with Crippen molar-refractivity contribution in [2.75, 3.05) is 33.4 Å². The second-order valence-electron chi connectivity index (χ2n) is 6.74. The van der Waals surface area contributed by atoms with Crippen LogP contribution in [0.15, 0.2) is 42.5 Å². The quantitative estimate of drug-likeness (QED) is 0.778. The molecule has 0 bridgehead atoms. The SMILES string of the molecule is CCOc1ccc2c(c1)CN(CC(=O)NCCc1ccccc1OC)CC2. The topological polar surface area (TPSA) is 50.8 Å². The van der Waals surface area contributed by atoms with Crippen molar-refractivity contribution in [1.82, 2.24) is 10.2 Å². The van der Waals surface area contributed by atoms with Crippen LogP contribution in [0.25, 0.3) is 0 Å². The molecule has 2 aromatic rings. The molecule has 0 radical (unpaired) electrons. The van der Waals surface area contributed by atoms with Gasteiger partial charge in [-0.1, -0.05) is 24.3 Å². The number of methoxy groups -OCH3 is 1. The van der Waals surface area contributed by atoms with Crippen LogP contribution >= 0.6 is 0 Å². The lowest BCUT2D eigenvalue weighted by Gasteiger charge is -2.28. The van der Waals surface area contributed by atoms with Gasteiger partial charge >= 0.3 is 0 Å². The predicted molar refractivity (Wildman–Crippen MR) is 106 cm³/mol. The molecule has 0 atom stereocenters. The smallest absolute Gasteiger partial charge is 0.234 e. The summed E-state index contributed by atoms with van der Waals surface area (Å²) in [6, 6.07) is 14.2. The van der Waals surface area contributed by atoms with Crippen molar-refractivity contribution in [1.29, 1.82) is 0 Å². The summed E-state index contributed by atoms with van der Waals surface area (Å²) in [7, 11) is 1.67. The Labute approximate surface area is 161 Å². The van der Waals surface area contributed by atoms with E-state index in [1.165, 1.54) is 11.1 Å². The number of para-hydroxylation sites is 1. The van der Waals surface area contributed by atoms with Gasteiger partial charge in [-0.05, 0) is 54.7 Å². The van der Waals surface area contributed by atoms with Crippen LogP contribution in [0.1, 0.15) is 23.6 Å². The van der Waals surface area contributed by atoms with E-state index in [9.17, 15) is 4.79 Å². The average Bonchev–Trinajstić information content (AvgIpc) is 2.68. The molecule has 1 N–H and O–H groups in total. The third-order valence-electron chi connectivity index (χ3n) is 4.86. The summed E-state index contributed by atoms with van der Waals surface area (Å²) >= 11 is 0. The number of rotatable bonds is 8. The van der Waals surface area contributed by atoms with Crippen molar-refractivity contribution >= 4 is 5.91 Å². The maximum atomic E-state index is 12.3. The first kappa shape index (κ1) is 19.2. The number of nitrogens with zero attached hydrogens (tertiary/aromatic N) is 1. The minimum absolute atomic E-state index is 0.0642. The van der Waals surface area contributed by atoms with Crippen molar-refractivity contribution in [3.05, 3.63) is 59.2 Å². The Morgan fingerprint density at radius 1 is 1.19 bits per heavy atom. The lowest BCUT2D eigenvalue weighted by Crippen LogP contribution is -2.40. The van der Waals surface area contributed by atoms with Gasteiger partial charge in [0.25, 0.3) is 0 Å². The van der Waals surface area contributed by atoms with Crippen LogP contribution in [0.2, 0.25) is 0 Å². The molecule has 0 unspecified atom stereocenters. The van der Waals surface area contributed by atoms with Gasteiger partial charge in [-0.3, -0.25) is 9.69 Å². The summed E-state index contributed by atoms with van der Waals surface area (Å²) in [5.41, 5.74) is 3.72. The van der Waals surface area contributed by atoms with E-state index in [-0.39, 0.29) is 5.91 Å². The monoisotopic (exact) mass is 368 g/mol. The molecule has 0 spiro atoms. The van der Waals surface area contributed by atoms with Crippen molar-refractivity contribution in [3.63, 3.8) is 0 Å². The zero-order chi connectivity index (χ0) is 19.1. The molecule has 2 aromatic carbocycles.